The molecule has 2 rings (SSSR count). The summed E-state index contributed by atoms with van der Waals surface area (Å²) >= 11 is 0. The van der Waals surface area contributed by atoms with Gasteiger partial charge in [0.15, 0.2) is 5.34 Å². The zero-order valence-corrected chi connectivity index (χ0v) is 18.4. The maximum absolute atomic E-state index is 11.9. The fourth-order valence-electron chi connectivity index (χ4n) is 2.44. The number of carbonyl (C=O) groups is 2. The molecule has 0 radical (unpaired) electrons. The monoisotopic (exact) mass is 429 g/mol. The van der Waals surface area contributed by atoms with E-state index in [2.05, 4.69) is 36.0 Å². The Kier molecular flexibility index (Phi) is 18.6. The van der Waals surface area contributed by atoms with Gasteiger partial charge in [0.1, 0.15) is 0 Å². The lowest BCUT2D eigenvalue weighted by atomic mass is 10.1. The Bertz CT molecular complexity index is 758. The third-order valence-corrected chi connectivity index (χ3v) is 4.01. The minimum atomic E-state index is 0.0612. The van der Waals surface area contributed by atoms with Gasteiger partial charge < -0.3 is 15.8 Å². The second kappa shape index (κ2) is 19.5. The molecule has 9 heteroatoms. The number of hydrogen-bond donors (Lipinski definition) is 3. The molecule has 2 aromatic carbocycles. The van der Waals surface area contributed by atoms with Gasteiger partial charge in [-0.15, -0.1) is 4.91 Å². The van der Waals surface area contributed by atoms with Gasteiger partial charge in [-0.1, -0.05) is 50.2 Å². The van der Waals surface area contributed by atoms with E-state index in [-0.39, 0.29) is 5.91 Å². The summed E-state index contributed by atoms with van der Waals surface area (Å²) in [5.41, 5.74) is 3.99. The lowest BCUT2D eigenvalue weighted by Crippen LogP contribution is -2.33. The van der Waals surface area contributed by atoms with Gasteiger partial charge in [-0.3, -0.25) is 14.5 Å². The molecule has 0 aliphatic carbocycles. The Morgan fingerprint density at radius 2 is 1.55 bits per heavy atom. The van der Waals surface area contributed by atoms with Gasteiger partial charge in [-0.2, -0.15) is 0 Å². The molecule has 0 bridgehead atoms. The van der Waals surface area contributed by atoms with Crippen molar-refractivity contribution < 1.29 is 14.8 Å². The Morgan fingerprint density at radius 3 is 1.97 bits per heavy atom. The van der Waals surface area contributed by atoms with Crippen LogP contribution in [0, 0.1) is 30.6 Å². The van der Waals surface area contributed by atoms with Gasteiger partial charge in [0.2, 0.25) is 12.3 Å². The SMILES string of the molecule is C#N.CCN(CC)CC(=O)Nc1c(C)cccc1C.O=CNc1ccccc1.O=NO. The fourth-order valence-corrected chi connectivity index (χ4v) is 2.44. The van der Waals surface area contributed by atoms with Crippen LogP contribution in [-0.4, -0.2) is 42.1 Å². The van der Waals surface area contributed by atoms with E-state index in [0.29, 0.717) is 13.0 Å². The first-order valence-electron chi connectivity index (χ1n) is 9.49. The first kappa shape index (κ1) is 29.4. The van der Waals surface area contributed by atoms with Crippen LogP contribution in [-0.2, 0) is 9.59 Å². The summed E-state index contributed by atoms with van der Waals surface area (Å²) in [7, 11) is 0. The van der Waals surface area contributed by atoms with Crippen molar-refractivity contribution in [3.05, 3.63) is 64.6 Å². The number of hydrogen-bond acceptors (Lipinski definition) is 6. The zero-order chi connectivity index (χ0) is 24.1. The quantitative estimate of drug-likeness (QED) is 0.344. The van der Waals surface area contributed by atoms with Crippen molar-refractivity contribution in [1.82, 2.24) is 4.90 Å². The number of nitrogens with one attached hydrogen (secondary N) is 2. The number of nitriles is 1. The van der Waals surface area contributed by atoms with E-state index in [1.807, 2.05) is 62.4 Å². The molecule has 0 aromatic heterocycles. The van der Waals surface area contributed by atoms with Gasteiger partial charge in [0.25, 0.3) is 0 Å². The number of amides is 2. The van der Waals surface area contributed by atoms with Crippen molar-refractivity contribution >= 4 is 23.7 Å². The highest BCUT2D eigenvalue weighted by Crippen LogP contribution is 2.19. The average molecular weight is 430 g/mol. The summed E-state index contributed by atoms with van der Waals surface area (Å²) in [6.45, 7) is 13.9. The largest absolute Gasteiger partial charge is 0.379 e. The molecule has 0 fully saturated rings. The molecule has 0 unspecified atom stereocenters. The van der Waals surface area contributed by atoms with E-state index in [1.54, 1.807) is 0 Å². The Balaban J connectivity index is 0. The molecule has 0 atom stereocenters. The molecule has 31 heavy (non-hydrogen) atoms. The van der Waals surface area contributed by atoms with Crippen LogP contribution in [0.5, 0.6) is 0 Å². The molecule has 9 nitrogen and oxygen atoms in total. The van der Waals surface area contributed by atoms with Crippen LogP contribution in [0.25, 0.3) is 0 Å². The highest BCUT2D eigenvalue weighted by Gasteiger charge is 2.09. The molecule has 2 amide bonds. The summed E-state index contributed by atoms with van der Waals surface area (Å²) in [6, 6.07) is 15.3. The second-order valence-corrected chi connectivity index (χ2v) is 5.99. The average Bonchev–Trinajstić information content (AvgIpc) is 2.78. The van der Waals surface area contributed by atoms with Crippen LogP contribution in [0.4, 0.5) is 11.4 Å². The van der Waals surface area contributed by atoms with Crippen LogP contribution in [0.2, 0.25) is 0 Å². The normalized spacial score (nSPS) is 8.74. The number of anilines is 2. The maximum Gasteiger partial charge on any atom is 0.238 e. The molecular formula is C22H31N5O4. The van der Waals surface area contributed by atoms with E-state index < -0.39 is 0 Å². The Labute approximate surface area is 183 Å². The molecule has 2 aromatic rings. The fraction of sp³-hybridized carbons (Fsp3) is 0.318. The molecule has 0 aliphatic rings. The standard InChI is InChI=1S/C14H22N2O.C7H7NO.CHN.HNO2/c1-5-16(6-2)10-13(17)15-14-11(3)8-7-9-12(14)4;9-6-8-7-4-2-1-3-5-7;1-2;2-1-3/h7-9H,5-6,10H2,1-4H3,(H,15,17);1-6H,(H,8,9);1H;(H,2,3). The molecule has 0 saturated heterocycles. The van der Waals surface area contributed by atoms with E-state index in [9.17, 15) is 9.59 Å². The summed E-state index contributed by atoms with van der Waals surface area (Å²) in [5.74, 6) is 0.0612. The number of benzene rings is 2. The zero-order valence-electron chi connectivity index (χ0n) is 18.4. The summed E-state index contributed by atoms with van der Waals surface area (Å²) in [4.78, 5) is 32.0. The summed E-state index contributed by atoms with van der Waals surface area (Å²) in [5, 5.41) is 19.9. The first-order valence-corrected chi connectivity index (χ1v) is 9.49. The first-order chi connectivity index (χ1) is 14.9. The van der Waals surface area contributed by atoms with Crippen LogP contribution in [0.15, 0.2) is 53.9 Å². The molecular weight excluding hydrogens is 398 g/mol. The predicted molar refractivity (Wildman–Crippen MR) is 123 cm³/mol. The minimum absolute atomic E-state index is 0.0612. The summed E-state index contributed by atoms with van der Waals surface area (Å²) in [6.07, 6.45) is 0.662. The van der Waals surface area contributed by atoms with Gasteiger partial charge in [0, 0.05) is 17.9 Å². The van der Waals surface area contributed by atoms with Gasteiger partial charge in [-0.05, 0) is 50.2 Å². The lowest BCUT2D eigenvalue weighted by Gasteiger charge is -2.18. The molecule has 0 saturated carbocycles. The number of carbonyl (C=O) groups excluding carboxylic acids is 2. The highest BCUT2D eigenvalue weighted by molar-refractivity contribution is 5.93. The van der Waals surface area contributed by atoms with Gasteiger partial charge in [-0.25, -0.2) is 5.26 Å². The number of para-hydroxylation sites is 2. The smallest absolute Gasteiger partial charge is 0.238 e. The van der Waals surface area contributed by atoms with Crippen LogP contribution >= 0.6 is 0 Å². The maximum atomic E-state index is 11.9. The third kappa shape index (κ3) is 13.9. The highest BCUT2D eigenvalue weighted by atomic mass is 16.6. The lowest BCUT2D eigenvalue weighted by molar-refractivity contribution is -0.117. The van der Waals surface area contributed by atoms with Gasteiger partial charge >= 0.3 is 0 Å². The number of rotatable bonds is 7. The molecule has 0 aliphatic heterocycles. The van der Waals surface area contributed by atoms with E-state index in [1.165, 1.54) is 5.34 Å². The number of likely N-dealkylation sites (N-methyl/N-ethyl adjacent to an activating group) is 1. The van der Waals surface area contributed by atoms with E-state index >= 15 is 0 Å². The number of nitrogens with zero attached hydrogens (tertiary/aromatic N) is 3. The predicted octanol–water partition coefficient (Wildman–Crippen LogP) is 4.12. The molecule has 0 spiro atoms. The van der Waals surface area contributed by atoms with Crippen molar-refractivity contribution in [2.75, 3.05) is 30.3 Å². The van der Waals surface area contributed by atoms with Crippen molar-refractivity contribution in [1.29, 1.82) is 5.26 Å². The van der Waals surface area contributed by atoms with E-state index in [0.717, 1.165) is 35.6 Å². The van der Waals surface area contributed by atoms with Crippen LogP contribution < -0.4 is 10.6 Å². The number of aryl methyl sites for hydroxylation is 2. The van der Waals surface area contributed by atoms with Crippen LogP contribution in [0.3, 0.4) is 0 Å². The van der Waals surface area contributed by atoms with Crippen molar-refractivity contribution in [2.45, 2.75) is 27.7 Å². The van der Waals surface area contributed by atoms with Crippen molar-refractivity contribution in [3.63, 3.8) is 0 Å². The van der Waals surface area contributed by atoms with Crippen LogP contribution in [0.1, 0.15) is 25.0 Å². The van der Waals surface area contributed by atoms with Crippen molar-refractivity contribution in [3.8, 4) is 6.57 Å². The van der Waals surface area contributed by atoms with E-state index in [4.69, 9.17) is 15.4 Å². The topological polar surface area (TPSA) is 135 Å². The third-order valence-electron chi connectivity index (χ3n) is 4.01. The minimum Gasteiger partial charge on any atom is -0.379 e. The molecule has 0 heterocycles. The Hall–Kier alpha value is -3.77. The van der Waals surface area contributed by atoms with Crippen molar-refractivity contribution in [2.24, 2.45) is 5.34 Å². The Morgan fingerprint density at radius 1 is 1.06 bits per heavy atom. The van der Waals surface area contributed by atoms with Gasteiger partial charge in [0.05, 0.1) is 6.54 Å². The molecule has 3 N–H and O–H groups in total. The second-order valence-electron chi connectivity index (χ2n) is 5.99. The summed E-state index contributed by atoms with van der Waals surface area (Å²) < 4.78 is 0. The molecule has 168 valence electrons.